The SMILES string of the molecule is [B]c1nc(Nc2cc(C3CC3)nc(N3CCOCC3)c2)nn1-c1cc(F)cc(F)c1. The van der Waals surface area contributed by atoms with Gasteiger partial charge in [0, 0.05) is 42.5 Å². The van der Waals surface area contributed by atoms with Crippen molar-refractivity contribution in [2.75, 3.05) is 36.5 Å². The molecule has 3 aromatic rings. The van der Waals surface area contributed by atoms with Gasteiger partial charge in [0.2, 0.25) is 5.95 Å². The number of halogens is 2. The molecule has 1 saturated carbocycles. The van der Waals surface area contributed by atoms with Crippen LogP contribution < -0.4 is 15.9 Å². The Morgan fingerprint density at radius 3 is 2.43 bits per heavy atom. The van der Waals surface area contributed by atoms with Gasteiger partial charge in [0.1, 0.15) is 17.5 Å². The first-order valence-electron chi connectivity index (χ1n) is 9.86. The summed E-state index contributed by atoms with van der Waals surface area (Å²) in [5, 5.41) is 7.43. The van der Waals surface area contributed by atoms with E-state index in [2.05, 4.69) is 20.3 Å². The van der Waals surface area contributed by atoms with E-state index in [4.69, 9.17) is 17.6 Å². The molecular formula is C20H19BF2N6O. The summed E-state index contributed by atoms with van der Waals surface area (Å²) in [5.74, 6) is 0.154. The number of nitrogens with zero attached hydrogens (tertiary/aromatic N) is 5. The third kappa shape index (κ3) is 4.00. The molecule has 2 radical (unpaired) electrons. The third-order valence-corrected chi connectivity index (χ3v) is 5.14. The van der Waals surface area contributed by atoms with Crippen LogP contribution in [0.2, 0.25) is 0 Å². The Morgan fingerprint density at radius 2 is 1.73 bits per heavy atom. The maximum absolute atomic E-state index is 13.6. The number of pyridine rings is 1. The van der Waals surface area contributed by atoms with E-state index in [1.165, 1.54) is 4.68 Å². The Labute approximate surface area is 173 Å². The summed E-state index contributed by atoms with van der Waals surface area (Å²) in [6.07, 6.45) is 2.26. The zero-order chi connectivity index (χ0) is 20.7. The van der Waals surface area contributed by atoms with Crippen LogP contribution in [0.5, 0.6) is 0 Å². The molecule has 2 fully saturated rings. The van der Waals surface area contributed by atoms with Gasteiger partial charge in [-0.3, -0.25) is 0 Å². The van der Waals surface area contributed by atoms with E-state index in [-0.39, 0.29) is 17.4 Å². The summed E-state index contributed by atoms with van der Waals surface area (Å²) in [4.78, 5) is 11.2. The molecule has 1 N–H and O–H groups in total. The molecule has 0 amide bonds. The van der Waals surface area contributed by atoms with E-state index < -0.39 is 11.6 Å². The van der Waals surface area contributed by atoms with Gasteiger partial charge < -0.3 is 15.0 Å². The summed E-state index contributed by atoms with van der Waals surface area (Å²) < 4.78 is 33.8. The van der Waals surface area contributed by atoms with Gasteiger partial charge in [-0.25, -0.2) is 23.4 Å². The predicted molar refractivity (Wildman–Crippen MR) is 109 cm³/mol. The normalized spacial score (nSPS) is 16.7. The average molecular weight is 408 g/mol. The first-order chi connectivity index (χ1) is 14.5. The number of rotatable bonds is 5. The van der Waals surface area contributed by atoms with Crippen LogP contribution in [0.3, 0.4) is 0 Å². The third-order valence-electron chi connectivity index (χ3n) is 5.14. The van der Waals surface area contributed by atoms with E-state index in [0.29, 0.717) is 19.1 Å². The van der Waals surface area contributed by atoms with Crippen molar-refractivity contribution in [3.05, 3.63) is 47.7 Å². The molecule has 5 rings (SSSR count). The number of nitrogens with one attached hydrogen (secondary N) is 1. The second-order valence-electron chi connectivity index (χ2n) is 7.47. The molecule has 0 spiro atoms. The van der Waals surface area contributed by atoms with Gasteiger partial charge in [0.05, 0.1) is 24.6 Å². The van der Waals surface area contributed by atoms with Crippen LogP contribution in [-0.2, 0) is 4.74 Å². The quantitative estimate of drug-likeness (QED) is 0.653. The highest BCUT2D eigenvalue weighted by Gasteiger charge is 2.27. The van der Waals surface area contributed by atoms with Crippen molar-refractivity contribution in [3.63, 3.8) is 0 Å². The van der Waals surface area contributed by atoms with Gasteiger partial charge in [-0.2, -0.15) is 0 Å². The molecule has 30 heavy (non-hydrogen) atoms. The van der Waals surface area contributed by atoms with Crippen molar-refractivity contribution >= 4 is 31.0 Å². The molecule has 10 heteroatoms. The Bertz CT molecular complexity index is 1060. The van der Waals surface area contributed by atoms with Gasteiger partial charge in [-0.1, -0.05) is 0 Å². The van der Waals surface area contributed by atoms with Crippen LogP contribution in [0, 0.1) is 11.6 Å². The summed E-state index contributed by atoms with van der Waals surface area (Å²) in [6.45, 7) is 2.91. The predicted octanol–water partition coefficient (Wildman–Crippen LogP) is 2.19. The van der Waals surface area contributed by atoms with Crippen LogP contribution in [0.15, 0.2) is 30.3 Å². The van der Waals surface area contributed by atoms with Gasteiger partial charge in [0.25, 0.3) is 0 Å². The number of morpholine rings is 1. The largest absolute Gasteiger partial charge is 0.378 e. The van der Waals surface area contributed by atoms with Gasteiger partial charge in [-0.05, 0) is 31.0 Å². The lowest BCUT2D eigenvalue weighted by Gasteiger charge is -2.28. The summed E-state index contributed by atoms with van der Waals surface area (Å²) in [5.41, 5.74) is 2.00. The summed E-state index contributed by atoms with van der Waals surface area (Å²) in [6, 6.07) is 7.01. The number of anilines is 3. The highest BCUT2D eigenvalue weighted by atomic mass is 19.1. The minimum absolute atomic E-state index is 0.0207. The van der Waals surface area contributed by atoms with Gasteiger partial charge >= 0.3 is 0 Å². The van der Waals surface area contributed by atoms with Crippen LogP contribution in [0.1, 0.15) is 24.5 Å². The van der Waals surface area contributed by atoms with Crippen molar-refractivity contribution in [3.8, 4) is 5.69 Å². The number of benzene rings is 1. The molecule has 2 aromatic heterocycles. The van der Waals surface area contributed by atoms with Crippen molar-refractivity contribution in [1.29, 1.82) is 0 Å². The van der Waals surface area contributed by atoms with Gasteiger partial charge in [-0.15, -0.1) is 5.10 Å². The highest BCUT2D eigenvalue weighted by Crippen LogP contribution is 2.41. The van der Waals surface area contributed by atoms with Crippen LogP contribution in [-0.4, -0.2) is 53.9 Å². The Kier molecular flexibility index (Phi) is 4.86. The molecule has 1 aromatic carbocycles. The zero-order valence-corrected chi connectivity index (χ0v) is 16.2. The molecule has 152 valence electrons. The van der Waals surface area contributed by atoms with E-state index >= 15 is 0 Å². The highest BCUT2D eigenvalue weighted by molar-refractivity contribution is 6.29. The number of hydrogen-bond acceptors (Lipinski definition) is 6. The second kappa shape index (κ2) is 7.68. The van der Waals surface area contributed by atoms with Crippen molar-refractivity contribution in [1.82, 2.24) is 19.7 Å². The lowest BCUT2D eigenvalue weighted by atomic mass is 10.1. The lowest BCUT2D eigenvalue weighted by Crippen LogP contribution is -2.36. The first-order valence-corrected chi connectivity index (χ1v) is 9.86. The Balaban J connectivity index is 1.44. The van der Waals surface area contributed by atoms with Crippen LogP contribution in [0.25, 0.3) is 5.69 Å². The van der Waals surface area contributed by atoms with E-state index in [1.54, 1.807) is 0 Å². The second-order valence-corrected chi connectivity index (χ2v) is 7.47. The lowest BCUT2D eigenvalue weighted by molar-refractivity contribution is 0.122. The van der Waals surface area contributed by atoms with Gasteiger partial charge in [0.15, 0.2) is 7.85 Å². The standard InChI is InChI=1S/C20H19BF2N6O/c21-19-26-20(27-29(19)16-8-13(22)7-14(23)9-16)24-15-10-17(12-1-2-12)25-18(11-15)28-3-5-30-6-4-28/h7-12H,1-6H2,(H,24,25,27). The molecule has 3 heterocycles. The fourth-order valence-electron chi connectivity index (χ4n) is 3.51. The molecule has 1 saturated heterocycles. The maximum Gasteiger partial charge on any atom is 0.246 e. The van der Waals surface area contributed by atoms with Crippen LogP contribution in [0.4, 0.5) is 26.2 Å². The zero-order valence-electron chi connectivity index (χ0n) is 16.2. The number of ether oxygens (including phenoxy) is 1. The molecule has 0 unspecified atom stereocenters. The molecule has 0 atom stereocenters. The minimum atomic E-state index is -0.715. The van der Waals surface area contributed by atoms with Crippen molar-refractivity contribution in [2.45, 2.75) is 18.8 Å². The molecule has 1 aliphatic carbocycles. The van der Waals surface area contributed by atoms with Crippen molar-refractivity contribution in [2.24, 2.45) is 0 Å². The first kappa shape index (κ1) is 19.0. The van der Waals surface area contributed by atoms with E-state index in [1.807, 2.05) is 12.1 Å². The van der Waals surface area contributed by atoms with Crippen LogP contribution >= 0.6 is 0 Å². The maximum atomic E-state index is 13.6. The molecule has 0 bridgehead atoms. The number of hydrogen-bond donors (Lipinski definition) is 1. The Morgan fingerprint density at radius 1 is 1.00 bits per heavy atom. The fraction of sp³-hybridized carbons (Fsp3) is 0.350. The van der Waals surface area contributed by atoms with E-state index in [9.17, 15) is 8.78 Å². The van der Waals surface area contributed by atoms with E-state index in [0.717, 1.165) is 61.3 Å². The minimum Gasteiger partial charge on any atom is -0.378 e. The fourth-order valence-corrected chi connectivity index (χ4v) is 3.51. The number of aromatic nitrogens is 4. The molecule has 7 nitrogen and oxygen atoms in total. The molecule has 1 aliphatic heterocycles. The monoisotopic (exact) mass is 408 g/mol. The van der Waals surface area contributed by atoms with Crippen molar-refractivity contribution < 1.29 is 13.5 Å². The smallest absolute Gasteiger partial charge is 0.246 e. The molecular weight excluding hydrogens is 389 g/mol. The molecule has 2 aliphatic rings. The summed E-state index contributed by atoms with van der Waals surface area (Å²) >= 11 is 0. The average Bonchev–Trinajstić information content (AvgIpc) is 3.51. The Hall–Kier alpha value is -3.01. The summed E-state index contributed by atoms with van der Waals surface area (Å²) in [7, 11) is 5.93. The topological polar surface area (TPSA) is 68.1 Å².